The molecule has 1 aromatic carbocycles. The van der Waals surface area contributed by atoms with Gasteiger partial charge in [-0.2, -0.15) is 0 Å². The van der Waals surface area contributed by atoms with Crippen molar-refractivity contribution in [2.75, 3.05) is 0 Å². The summed E-state index contributed by atoms with van der Waals surface area (Å²) in [5.41, 5.74) is 2.71. The molecule has 3 rings (SSSR count). The Hall–Kier alpha value is -3.14. The predicted octanol–water partition coefficient (Wildman–Crippen LogP) is 6.25. The van der Waals surface area contributed by atoms with Gasteiger partial charge >= 0.3 is 5.97 Å². The van der Waals surface area contributed by atoms with Crippen molar-refractivity contribution >= 4 is 11.7 Å². The number of allylic oxidation sites excluding steroid dienone is 9. The SMILES string of the molecule is CC(C)(C)C1=CC(=C/C=C/C=C2\C(=O)ON=C2c2ccccc2)C=C(C(C)(C)C)O1. The average molecular weight is 404 g/mol. The molecule has 0 bridgehead atoms. The van der Waals surface area contributed by atoms with Gasteiger partial charge in [0.15, 0.2) is 0 Å². The van der Waals surface area contributed by atoms with E-state index in [1.807, 2.05) is 48.6 Å². The number of nitrogens with zero attached hydrogens (tertiary/aromatic N) is 1. The van der Waals surface area contributed by atoms with Crippen molar-refractivity contribution < 1.29 is 14.4 Å². The fourth-order valence-electron chi connectivity index (χ4n) is 2.91. The van der Waals surface area contributed by atoms with Crippen LogP contribution >= 0.6 is 0 Å². The first-order valence-corrected chi connectivity index (χ1v) is 10.1. The lowest BCUT2D eigenvalue weighted by Crippen LogP contribution is -2.21. The average Bonchev–Trinajstić information content (AvgIpc) is 3.05. The Morgan fingerprint density at radius 2 is 1.40 bits per heavy atom. The number of ether oxygens (including phenoxy) is 1. The highest BCUT2D eigenvalue weighted by atomic mass is 16.7. The molecule has 0 aliphatic carbocycles. The molecule has 0 aromatic heterocycles. The van der Waals surface area contributed by atoms with Crippen LogP contribution in [0.2, 0.25) is 0 Å². The third-order valence-corrected chi connectivity index (χ3v) is 4.70. The van der Waals surface area contributed by atoms with Gasteiger partial charge in [-0.1, -0.05) is 95.3 Å². The highest BCUT2D eigenvalue weighted by Crippen LogP contribution is 2.38. The van der Waals surface area contributed by atoms with Gasteiger partial charge in [0.2, 0.25) is 0 Å². The summed E-state index contributed by atoms with van der Waals surface area (Å²) in [7, 11) is 0. The van der Waals surface area contributed by atoms with Crippen molar-refractivity contribution in [3.8, 4) is 0 Å². The van der Waals surface area contributed by atoms with E-state index in [0.29, 0.717) is 11.3 Å². The van der Waals surface area contributed by atoms with Crippen molar-refractivity contribution in [2.45, 2.75) is 41.5 Å². The number of carbonyl (C=O) groups excluding carboxylic acids is 1. The molecular weight excluding hydrogens is 374 g/mol. The van der Waals surface area contributed by atoms with Crippen LogP contribution in [0.25, 0.3) is 0 Å². The lowest BCUT2D eigenvalue weighted by Gasteiger charge is -2.32. The second kappa shape index (κ2) is 8.31. The summed E-state index contributed by atoms with van der Waals surface area (Å²) < 4.78 is 6.18. The molecule has 2 heterocycles. The number of hydrogen-bond acceptors (Lipinski definition) is 4. The number of rotatable bonds is 3. The van der Waals surface area contributed by atoms with Gasteiger partial charge in [-0.15, -0.1) is 0 Å². The van der Waals surface area contributed by atoms with E-state index in [4.69, 9.17) is 9.57 Å². The van der Waals surface area contributed by atoms with Crippen LogP contribution in [0.3, 0.4) is 0 Å². The Bertz CT molecular complexity index is 973. The molecule has 0 saturated heterocycles. The summed E-state index contributed by atoms with van der Waals surface area (Å²) in [5, 5.41) is 3.92. The quantitative estimate of drug-likeness (QED) is 0.443. The largest absolute Gasteiger partial charge is 0.465 e. The smallest absolute Gasteiger partial charge is 0.368 e. The fraction of sp³-hybridized carbons (Fsp3) is 0.308. The van der Waals surface area contributed by atoms with Crippen LogP contribution in [0.1, 0.15) is 47.1 Å². The first-order chi connectivity index (χ1) is 14.1. The van der Waals surface area contributed by atoms with Crippen molar-refractivity contribution in [3.63, 3.8) is 0 Å². The maximum absolute atomic E-state index is 12.1. The molecule has 0 saturated carbocycles. The van der Waals surface area contributed by atoms with Gasteiger partial charge in [0.1, 0.15) is 17.2 Å². The van der Waals surface area contributed by atoms with Gasteiger partial charge < -0.3 is 9.57 Å². The standard InChI is InChI=1S/C26H29NO3/c1-25(2,3)21-16-18(17-22(29-21)26(4,5)6)12-10-11-15-20-23(27-30-24(20)28)19-13-8-7-9-14-19/h7-17H,1-6H3/b11-10+,20-15-. The molecule has 0 fully saturated rings. The summed E-state index contributed by atoms with van der Waals surface area (Å²) in [6, 6.07) is 9.54. The number of hydrogen-bond donors (Lipinski definition) is 0. The number of benzene rings is 1. The summed E-state index contributed by atoms with van der Waals surface area (Å²) in [6.45, 7) is 12.8. The third kappa shape index (κ3) is 5.07. The van der Waals surface area contributed by atoms with Gasteiger partial charge in [-0.25, -0.2) is 4.79 Å². The first-order valence-electron chi connectivity index (χ1n) is 10.1. The van der Waals surface area contributed by atoms with E-state index in [2.05, 4.69) is 58.9 Å². The lowest BCUT2D eigenvalue weighted by molar-refractivity contribution is -0.136. The first kappa shape index (κ1) is 21.6. The molecule has 0 radical (unpaired) electrons. The van der Waals surface area contributed by atoms with E-state index < -0.39 is 5.97 Å². The minimum absolute atomic E-state index is 0.0931. The van der Waals surface area contributed by atoms with Crippen LogP contribution in [-0.2, 0) is 14.4 Å². The maximum atomic E-state index is 12.1. The highest BCUT2D eigenvalue weighted by molar-refractivity contribution is 6.28. The van der Waals surface area contributed by atoms with E-state index in [0.717, 1.165) is 22.7 Å². The lowest BCUT2D eigenvalue weighted by atomic mass is 9.87. The van der Waals surface area contributed by atoms with E-state index in [1.165, 1.54) is 0 Å². The molecule has 156 valence electrons. The second-order valence-corrected chi connectivity index (χ2v) is 9.44. The molecule has 2 aliphatic rings. The van der Waals surface area contributed by atoms with Gasteiger partial charge in [-0.3, -0.25) is 0 Å². The van der Waals surface area contributed by atoms with Crippen molar-refractivity contribution in [1.82, 2.24) is 0 Å². The summed E-state index contributed by atoms with van der Waals surface area (Å²) in [6.07, 6.45) is 11.6. The normalized spacial score (nSPS) is 18.7. The van der Waals surface area contributed by atoms with Gasteiger partial charge in [0.05, 0.1) is 5.57 Å². The molecule has 4 nitrogen and oxygen atoms in total. The molecule has 0 spiro atoms. The Balaban J connectivity index is 1.86. The second-order valence-electron chi connectivity index (χ2n) is 9.44. The predicted molar refractivity (Wildman–Crippen MR) is 121 cm³/mol. The van der Waals surface area contributed by atoms with E-state index in [9.17, 15) is 4.79 Å². The van der Waals surface area contributed by atoms with Crippen molar-refractivity contribution in [3.05, 3.63) is 95.0 Å². The van der Waals surface area contributed by atoms with Crippen LogP contribution < -0.4 is 0 Å². The minimum Gasteiger partial charge on any atom is -0.465 e. The molecule has 2 aliphatic heterocycles. The van der Waals surface area contributed by atoms with Crippen LogP contribution in [0, 0.1) is 10.8 Å². The highest BCUT2D eigenvalue weighted by Gasteiger charge is 2.29. The molecule has 0 atom stereocenters. The molecule has 1 aromatic rings. The molecule has 0 amide bonds. The van der Waals surface area contributed by atoms with Gasteiger partial charge in [0, 0.05) is 16.4 Å². The zero-order valence-electron chi connectivity index (χ0n) is 18.5. The maximum Gasteiger partial charge on any atom is 0.368 e. The Morgan fingerprint density at radius 3 is 1.97 bits per heavy atom. The van der Waals surface area contributed by atoms with E-state index in [-0.39, 0.29) is 10.8 Å². The minimum atomic E-state index is -0.443. The summed E-state index contributed by atoms with van der Waals surface area (Å²) in [5.74, 6) is 1.43. The molecule has 0 unspecified atom stereocenters. The van der Waals surface area contributed by atoms with Crippen LogP contribution in [0.4, 0.5) is 0 Å². The van der Waals surface area contributed by atoms with Gasteiger partial charge in [0.25, 0.3) is 0 Å². The van der Waals surface area contributed by atoms with Crippen molar-refractivity contribution in [2.24, 2.45) is 16.0 Å². The van der Waals surface area contributed by atoms with Gasteiger partial charge in [-0.05, 0) is 23.8 Å². The number of oxime groups is 1. The Labute approximate surface area is 179 Å². The van der Waals surface area contributed by atoms with Crippen LogP contribution in [-0.4, -0.2) is 11.7 Å². The zero-order chi connectivity index (χ0) is 21.9. The third-order valence-electron chi connectivity index (χ3n) is 4.70. The Morgan fingerprint density at radius 1 is 0.833 bits per heavy atom. The zero-order valence-corrected chi connectivity index (χ0v) is 18.5. The topological polar surface area (TPSA) is 47.9 Å². The molecule has 30 heavy (non-hydrogen) atoms. The summed E-state index contributed by atoms with van der Waals surface area (Å²) in [4.78, 5) is 16.9. The molecule has 0 N–H and O–H groups in total. The van der Waals surface area contributed by atoms with E-state index >= 15 is 0 Å². The van der Waals surface area contributed by atoms with Crippen molar-refractivity contribution in [1.29, 1.82) is 0 Å². The Kier molecular flexibility index (Phi) is 5.97. The van der Waals surface area contributed by atoms with Crippen LogP contribution in [0.5, 0.6) is 0 Å². The number of carbonyl (C=O) groups is 1. The molecule has 4 heteroatoms. The van der Waals surface area contributed by atoms with Crippen LogP contribution in [0.15, 0.2) is 94.6 Å². The summed E-state index contributed by atoms with van der Waals surface area (Å²) >= 11 is 0. The fourth-order valence-corrected chi connectivity index (χ4v) is 2.91. The molecular formula is C26H29NO3. The monoisotopic (exact) mass is 403 g/mol. The van der Waals surface area contributed by atoms with E-state index in [1.54, 1.807) is 6.08 Å².